The zero-order valence-electron chi connectivity index (χ0n) is 12.9. The smallest absolute Gasteiger partial charge is 0.298 e. The first-order valence-electron chi connectivity index (χ1n) is 7.77. The summed E-state index contributed by atoms with van der Waals surface area (Å²) in [7, 11) is 0. The van der Waals surface area contributed by atoms with Crippen LogP contribution in [0.5, 0.6) is 0 Å². The highest BCUT2D eigenvalue weighted by atomic mass is 16.3. The quantitative estimate of drug-likeness (QED) is 0.804. The van der Waals surface area contributed by atoms with Crippen LogP contribution in [0.1, 0.15) is 28.1 Å². The lowest BCUT2D eigenvalue weighted by atomic mass is 10.1. The van der Waals surface area contributed by atoms with Crippen molar-refractivity contribution in [2.75, 3.05) is 5.32 Å². The van der Waals surface area contributed by atoms with Gasteiger partial charge in [0.25, 0.3) is 11.5 Å². The van der Waals surface area contributed by atoms with Crippen LogP contribution < -0.4 is 10.9 Å². The van der Waals surface area contributed by atoms with Gasteiger partial charge in [-0.15, -0.1) is 0 Å². The molecule has 0 radical (unpaired) electrons. The molecule has 2 aromatic heterocycles. The van der Waals surface area contributed by atoms with Crippen LogP contribution in [0.15, 0.2) is 58.2 Å². The number of furan rings is 1. The van der Waals surface area contributed by atoms with Crippen molar-refractivity contribution in [3.63, 3.8) is 0 Å². The topological polar surface area (TPSA) is 77.1 Å². The number of nitrogens with zero attached hydrogens (tertiary/aromatic N) is 2. The molecule has 1 aliphatic carbocycles. The third-order valence-corrected chi connectivity index (χ3v) is 4.18. The summed E-state index contributed by atoms with van der Waals surface area (Å²) in [6.45, 7) is 0. The van der Waals surface area contributed by atoms with E-state index in [4.69, 9.17) is 4.42 Å². The van der Waals surface area contributed by atoms with Gasteiger partial charge in [0.1, 0.15) is 0 Å². The summed E-state index contributed by atoms with van der Waals surface area (Å²) in [5.74, 6) is -0.403. The van der Waals surface area contributed by atoms with Gasteiger partial charge in [0.2, 0.25) is 0 Å². The Morgan fingerprint density at radius 1 is 1.21 bits per heavy atom. The van der Waals surface area contributed by atoms with E-state index in [-0.39, 0.29) is 17.1 Å². The Morgan fingerprint density at radius 3 is 2.92 bits per heavy atom. The molecule has 2 heterocycles. The predicted molar refractivity (Wildman–Crippen MR) is 88.5 cm³/mol. The van der Waals surface area contributed by atoms with Crippen LogP contribution in [0.25, 0.3) is 5.69 Å². The van der Waals surface area contributed by atoms with E-state index in [0.717, 1.165) is 24.9 Å². The van der Waals surface area contributed by atoms with Crippen LogP contribution in [0.2, 0.25) is 0 Å². The van der Waals surface area contributed by atoms with Crippen LogP contribution in [-0.2, 0) is 12.8 Å². The summed E-state index contributed by atoms with van der Waals surface area (Å²) >= 11 is 0. The van der Waals surface area contributed by atoms with Gasteiger partial charge >= 0.3 is 0 Å². The van der Waals surface area contributed by atoms with Gasteiger partial charge in [-0.2, -0.15) is 0 Å². The molecular weight excluding hydrogens is 306 g/mol. The van der Waals surface area contributed by atoms with Gasteiger partial charge in [-0.3, -0.25) is 19.5 Å². The first-order chi connectivity index (χ1) is 11.7. The van der Waals surface area contributed by atoms with E-state index in [0.29, 0.717) is 0 Å². The van der Waals surface area contributed by atoms with E-state index in [1.54, 1.807) is 12.3 Å². The van der Waals surface area contributed by atoms with Crippen LogP contribution in [-0.4, -0.2) is 15.5 Å². The maximum Gasteiger partial charge on any atom is 0.298 e. The molecule has 0 saturated carbocycles. The molecule has 0 aliphatic heterocycles. The van der Waals surface area contributed by atoms with Crippen molar-refractivity contribution < 1.29 is 9.21 Å². The Hall–Kier alpha value is -3.15. The maximum atomic E-state index is 12.6. The summed E-state index contributed by atoms with van der Waals surface area (Å²) in [5, 5.41) is 2.50. The van der Waals surface area contributed by atoms with E-state index in [1.807, 2.05) is 12.1 Å². The Balaban J connectivity index is 1.68. The lowest BCUT2D eigenvalue weighted by Gasteiger charge is -2.09. The van der Waals surface area contributed by atoms with Crippen molar-refractivity contribution in [1.29, 1.82) is 0 Å². The van der Waals surface area contributed by atoms with Gasteiger partial charge in [0.15, 0.2) is 11.6 Å². The van der Waals surface area contributed by atoms with Gasteiger partial charge in [0, 0.05) is 18.1 Å². The Bertz CT molecular complexity index is 958. The Kier molecular flexibility index (Phi) is 3.49. The van der Waals surface area contributed by atoms with Crippen LogP contribution in [0.4, 0.5) is 5.82 Å². The average molecular weight is 321 g/mol. The number of fused-ring (bicyclic) bond motifs is 1. The highest BCUT2D eigenvalue weighted by molar-refractivity contribution is 6.01. The molecule has 120 valence electrons. The molecule has 0 unspecified atom stereocenters. The number of nitrogens with one attached hydrogen (secondary N) is 1. The largest absolute Gasteiger partial charge is 0.459 e. The molecule has 0 fully saturated rings. The van der Waals surface area contributed by atoms with Gasteiger partial charge in [-0.25, -0.2) is 4.98 Å². The molecule has 24 heavy (non-hydrogen) atoms. The van der Waals surface area contributed by atoms with Gasteiger partial charge in [-0.05, 0) is 54.7 Å². The number of amides is 1. The monoisotopic (exact) mass is 321 g/mol. The Labute approximate surface area is 137 Å². The van der Waals surface area contributed by atoms with Crippen LogP contribution >= 0.6 is 0 Å². The highest BCUT2D eigenvalue weighted by Crippen LogP contribution is 2.23. The normalized spacial score (nSPS) is 12.8. The molecular formula is C18H15N3O3. The first kappa shape index (κ1) is 14.4. The minimum Gasteiger partial charge on any atom is -0.459 e. The van der Waals surface area contributed by atoms with E-state index < -0.39 is 5.91 Å². The molecule has 0 atom stereocenters. The molecule has 0 saturated heterocycles. The van der Waals surface area contributed by atoms with Crippen molar-refractivity contribution in [3.8, 4) is 5.69 Å². The molecule has 4 rings (SSSR count). The fraction of sp³-hybridized carbons (Fsp3) is 0.167. The third kappa shape index (κ3) is 2.52. The standard InChI is InChI=1S/C18H15N3O3/c22-17(15-5-2-10-24-15)20-16-18(23)21(9-8-19-16)14-7-6-12-3-1-4-13(12)11-14/h2,5-11H,1,3-4H2,(H,19,20,22). The average Bonchev–Trinajstić information content (AvgIpc) is 3.27. The molecule has 1 N–H and O–H groups in total. The molecule has 1 aliphatic rings. The van der Waals surface area contributed by atoms with E-state index >= 15 is 0 Å². The number of anilines is 1. The summed E-state index contributed by atoms with van der Waals surface area (Å²) in [5.41, 5.74) is 3.01. The maximum absolute atomic E-state index is 12.6. The number of aryl methyl sites for hydroxylation is 2. The fourth-order valence-electron chi connectivity index (χ4n) is 2.99. The molecule has 3 aromatic rings. The van der Waals surface area contributed by atoms with E-state index in [9.17, 15) is 9.59 Å². The third-order valence-electron chi connectivity index (χ3n) is 4.18. The van der Waals surface area contributed by atoms with Gasteiger partial charge in [-0.1, -0.05) is 6.07 Å². The van der Waals surface area contributed by atoms with Crippen molar-refractivity contribution in [2.24, 2.45) is 0 Å². The predicted octanol–water partition coefficient (Wildman–Crippen LogP) is 2.57. The molecule has 6 heteroatoms. The van der Waals surface area contributed by atoms with Crippen molar-refractivity contribution in [2.45, 2.75) is 19.3 Å². The number of carbonyl (C=O) groups excluding carboxylic acids is 1. The molecule has 1 amide bonds. The Morgan fingerprint density at radius 2 is 2.08 bits per heavy atom. The highest BCUT2D eigenvalue weighted by Gasteiger charge is 2.15. The zero-order valence-corrected chi connectivity index (χ0v) is 12.9. The van der Waals surface area contributed by atoms with Gasteiger partial charge < -0.3 is 4.42 Å². The zero-order chi connectivity index (χ0) is 16.5. The second kappa shape index (κ2) is 5.81. The van der Waals surface area contributed by atoms with Crippen molar-refractivity contribution in [1.82, 2.24) is 9.55 Å². The van der Waals surface area contributed by atoms with E-state index in [2.05, 4.69) is 16.4 Å². The number of benzene rings is 1. The van der Waals surface area contributed by atoms with Crippen molar-refractivity contribution >= 4 is 11.7 Å². The summed E-state index contributed by atoms with van der Waals surface area (Å²) in [4.78, 5) is 28.6. The summed E-state index contributed by atoms with van der Waals surface area (Å²) in [6, 6.07) is 9.14. The van der Waals surface area contributed by atoms with Gasteiger partial charge in [0.05, 0.1) is 6.26 Å². The van der Waals surface area contributed by atoms with Crippen LogP contribution in [0.3, 0.4) is 0 Å². The number of hydrogen-bond donors (Lipinski definition) is 1. The first-order valence-corrected chi connectivity index (χ1v) is 7.77. The summed E-state index contributed by atoms with van der Waals surface area (Å²) < 4.78 is 6.51. The molecule has 0 spiro atoms. The van der Waals surface area contributed by atoms with E-state index in [1.165, 1.54) is 34.2 Å². The molecule has 1 aromatic carbocycles. The lowest BCUT2D eigenvalue weighted by molar-refractivity contribution is 0.0996. The summed E-state index contributed by atoms with van der Waals surface area (Å²) in [6.07, 6.45) is 7.76. The minimum atomic E-state index is -0.503. The molecule has 0 bridgehead atoms. The number of rotatable bonds is 3. The SMILES string of the molecule is O=C(Nc1nccn(-c2ccc3c(c2)CCC3)c1=O)c1ccco1. The lowest BCUT2D eigenvalue weighted by Crippen LogP contribution is -2.25. The number of carbonyl (C=O) groups is 1. The number of hydrogen-bond acceptors (Lipinski definition) is 4. The fourth-order valence-corrected chi connectivity index (χ4v) is 2.99. The second-order valence-electron chi connectivity index (χ2n) is 5.69. The second-order valence-corrected chi connectivity index (χ2v) is 5.69. The minimum absolute atomic E-state index is 0.0283. The van der Waals surface area contributed by atoms with Crippen molar-refractivity contribution in [3.05, 3.63) is 76.2 Å². The van der Waals surface area contributed by atoms with Crippen LogP contribution in [0, 0.1) is 0 Å². The number of aromatic nitrogens is 2. The molecule has 6 nitrogen and oxygen atoms in total.